The first-order chi connectivity index (χ1) is 8.50. The Balaban J connectivity index is 2.43. The number of nitro benzene ring substituents is 1. The summed E-state index contributed by atoms with van der Waals surface area (Å²) in [5, 5.41) is 14.1. The van der Waals surface area contributed by atoms with Gasteiger partial charge in [0.15, 0.2) is 0 Å². The highest BCUT2D eigenvalue weighted by molar-refractivity contribution is 5.42. The lowest BCUT2D eigenvalue weighted by atomic mass is 10.1. The van der Waals surface area contributed by atoms with E-state index < -0.39 is 0 Å². The third-order valence-electron chi connectivity index (χ3n) is 2.93. The van der Waals surface area contributed by atoms with Crippen LogP contribution in [0, 0.1) is 23.0 Å². The molecule has 0 aliphatic heterocycles. The van der Waals surface area contributed by atoms with E-state index in [-0.39, 0.29) is 10.6 Å². The molecule has 1 aromatic rings. The molecule has 0 aromatic heterocycles. The number of benzene rings is 1. The number of nitrogens with one attached hydrogen (secondary N) is 1. The molecule has 0 heterocycles. The first-order valence-corrected chi connectivity index (χ1v) is 6.45. The lowest BCUT2D eigenvalue weighted by Crippen LogP contribution is -2.15. The number of hydrogen-bond donors (Lipinski definition) is 1. The van der Waals surface area contributed by atoms with Gasteiger partial charge in [-0.2, -0.15) is 0 Å². The molecule has 4 nitrogen and oxygen atoms in total. The second-order valence-electron chi connectivity index (χ2n) is 5.09. The number of hydrogen-bond acceptors (Lipinski definition) is 3. The van der Waals surface area contributed by atoms with Crippen LogP contribution in [0.2, 0.25) is 0 Å². The maximum atomic E-state index is 10.8. The lowest BCUT2D eigenvalue weighted by molar-refractivity contribution is -0.385. The number of rotatable bonds is 7. The first-order valence-electron chi connectivity index (χ1n) is 6.45. The summed E-state index contributed by atoms with van der Waals surface area (Å²) in [6.45, 7) is 7.84. The van der Waals surface area contributed by atoms with Crippen LogP contribution < -0.4 is 5.32 Å². The van der Waals surface area contributed by atoms with Crippen LogP contribution in [0.5, 0.6) is 0 Å². The Morgan fingerprint density at radius 3 is 2.72 bits per heavy atom. The lowest BCUT2D eigenvalue weighted by Gasteiger charge is -2.07. The van der Waals surface area contributed by atoms with Crippen molar-refractivity contribution in [3.63, 3.8) is 0 Å². The highest BCUT2D eigenvalue weighted by Crippen LogP contribution is 2.19. The van der Waals surface area contributed by atoms with Crippen LogP contribution in [0.4, 0.5) is 5.69 Å². The topological polar surface area (TPSA) is 55.2 Å². The highest BCUT2D eigenvalue weighted by Gasteiger charge is 2.10. The fraction of sp³-hybridized carbons (Fsp3) is 0.571. The van der Waals surface area contributed by atoms with Gasteiger partial charge < -0.3 is 5.32 Å². The minimum absolute atomic E-state index is 0.205. The molecule has 0 radical (unpaired) electrons. The summed E-state index contributed by atoms with van der Waals surface area (Å²) >= 11 is 0. The monoisotopic (exact) mass is 250 g/mol. The van der Waals surface area contributed by atoms with Crippen molar-refractivity contribution in [1.82, 2.24) is 5.32 Å². The zero-order chi connectivity index (χ0) is 13.5. The highest BCUT2D eigenvalue weighted by atomic mass is 16.6. The Hall–Kier alpha value is -1.42. The van der Waals surface area contributed by atoms with Crippen LogP contribution in [-0.2, 0) is 6.54 Å². The van der Waals surface area contributed by atoms with Gasteiger partial charge in [0, 0.05) is 18.2 Å². The number of nitrogens with zero attached hydrogens (tertiary/aromatic N) is 1. The summed E-state index contributed by atoms with van der Waals surface area (Å²) in [7, 11) is 0. The molecule has 1 N–H and O–H groups in total. The van der Waals surface area contributed by atoms with Gasteiger partial charge in [-0.05, 0) is 37.8 Å². The van der Waals surface area contributed by atoms with Crippen LogP contribution in [-0.4, -0.2) is 11.5 Å². The van der Waals surface area contributed by atoms with Gasteiger partial charge in [-0.25, -0.2) is 0 Å². The molecular formula is C14H22N2O2. The van der Waals surface area contributed by atoms with Crippen molar-refractivity contribution in [2.75, 3.05) is 6.54 Å². The van der Waals surface area contributed by atoms with Gasteiger partial charge in [0.05, 0.1) is 4.92 Å². The van der Waals surface area contributed by atoms with E-state index in [9.17, 15) is 10.1 Å². The summed E-state index contributed by atoms with van der Waals surface area (Å²) < 4.78 is 0. The molecule has 1 rings (SSSR count). The van der Waals surface area contributed by atoms with E-state index in [1.807, 2.05) is 12.1 Å². The summed E-state index contributed by atoms with van der Waals surface area (Å²) in [6.07, 6.45) is 2.35. The van der Waals surface area contributed by atoms with Gasteiger partial charge in [-0.1, -0.05) is 26.0 Å². The van der Waals surface area contributed by atoms with Gasteiger partial charge in [-0.3, -0.25) is 10.1 Å². The SMILES string of the molecule is Cc1ccc(CNCCCC(C)C)cc1[N+](=O)[O-]. The van der Waals surface area contributed by atoms with E-state index in [1.54, 1.807) is 13.0 Å². The van der Waals surface area contributed by atoms with Crippen LogP contribution in [0.15, 0.2) is 18.2 Å². The average molecular weight is 250 g/mol. The normalized spacial score (nSPS) is 10.9. The zero-order valence-electron chi connectivity index (χ0n) is 11.4. The minimum atomic E-state index is -0.322. The van der Waals surface area contributed by atoms with Gasteiger partial charge in [-0.15, -0.1) is 0 Å². The van der Waals surface area contributed by atoms with Gasteiger partial charge in [0.1, 0.15) is 0 Å². The van der Waals surface area contributed by atoms with Gasteiger partial charge in [0.25, 0.3) is 5.69 Å². The Bertz CT molecular complexity index is 403. The molecule has 0 saturated heterocycles. The predicted octanol–water partition coefficient (Wildman–Crippen LogP) is 3.43. The molecule has 18 heavy (non-hydrogen) atoms. The molecule has 0 fully saturated rings. The molecule has 0 unspecified atom stereocenters. The van der Waals surface area contributed by atoms with Gasteiger partial charge in [0.2, 0.25) is 0 Å². The summed E-state index contributed by atoms with van der Waals surface area (Å²) in [4.78, 5) is 10.5. The van der Waals surface area contributed by atoms with E-state index in [1.165, 1.54) is 6.42 Å². The molecule has 1 aromatic carbocycles. The summed E-state index contributed by atoms with van der Waals surface area (Å²) in [5.74, 6) is 0.729. The van der Waals surface area contributed by atoms with Crippen molar-refractivity contribution in [3.05, 3.63) is 39.4 Å². The van der Waals surface area contributed by atoms with Crippen LogP contribution in [0.3, 0.4) is 0 Å². The van der Waals surface area contributed by atoms with Crippen molar-refractivity contribution in [2.24, 2.45) is 5.92 Å². The van der Waals surface area contributed by atoms with E-state index in [4.69, 9.17) is 0 Å². The van der Waals surface area contributed by atoms with Crippen molar-refractivity contribution in [2.45, 2.75) is 40.2 Å². The molecule has 0 spiro atoms. The average Bonchev–Trinajstić information content (AvgIpc) is 2.30. The Kier molecular flexibility index (Phi) is 5.78. The van der Waals surface area contributed by atoms with Crippen molar-refractivity contribution in [1.29, 1.82) is 0 Å². The van der Waals surface area contributed by atoms with Crippen molar-refractivity contribution >= 4 is 5.69 Å². The van der Waals surface area contributed by atoms with Crippen molar-refractivity contribution < 1.29 is 4.92 Å². The Morgan fingerprint density at radius 1 is 1.39 bits per heavy atom. The quantitative estimate of drug-likeness (QED) is 0.458. The molecule has 4 heteroatoms. The van der Waals surface area contributed by atoms with Crippen LogP contribution in [0.1, 0.15) is 37.8 Å². The van der Waals surface area contributed by atoms with E-state index in [0.717, 1.165) is 24.4 Å². The number of aryl methyl sites for hydroxylation is 1. The minimum Gasteiger partial charge on any atom is -0.313 e. The van der Waals surface area contributed by atoms with E-state index >= 15 is 0 Å². The molecule has 0 aliphatic carbocycles. The molecule has 100 valence electrons. The second kappa shape index (κ2) is 7.11. The smallest absolute Gasteiger partial charge is 0.272 e. The third-order valence-corrected chi connectivity index (χ3v) is 2.93. The van der Waals surface area contributed by atoms with E-state index in [2.05, 4.69) is 19.2 Å². The predicted molar refractivity (Wildman–Crippen MR) is 73.6 cm³/mol. The maximum absolute atomic E-state index is 10.8. The molecular weight excluding hydrogens is 228 g/mol. The van der Waals surface area contributed by atoms with Crippen LogP contribution >= 0.6 is 0 Å². The largest absolute Gasteiger partial charge is 0.313 e. The summed E-state index contributed by atoms with van der Waals surface area (Å²) in [5.41, 5.74) is 1.89. The van der Waals surface area contributed by atoms with E-state index in [0.29, 0.717) is 12.1 Å². The molecule has 0 saturated carbocycles. The van der Waals surface area contributed by atoms with Gasteiger partial charge >= 0.3 is 0 Å². The fourth-order valence-electron chi connectivity index (χ4n) is 1.83. The fourth-order valence-corrected chi connectivity index (χ4v) is 1.83. The Labute approximate surface area is 109 Å². The molecule has 0 atom stereocenters. The standard InChI is InChI=1S/C14H22N2O2/c1-11(2)5-4-8-15-10-13-7-6-12(3)14(9-13)16(17)18/h6-7,9,11,15H,4-5,8,10H2,1-3H3. The molecule has 0 bridgehead atoms. The molecule has 0 aliphatic rings. The van der Waals surface area contributed by atoms with Crippen molar-refractivity contribution in [3.8, 4) is 0 Å². The Morgan fingerprint density at radius 2 is 2.11 bits per heavy atom. The zero-order valence-corrected chi connectivity index (χ0v) is 11.4. The first kappa shape index (κ1) is 14.6. The summed E-state index contributed by atoms with van der Waals surface area (Å²) in [6, 6.07) is 5.41. The third kappa shape index (κ3) is 4.84. The number of nitro groups is 1. The van der Waals surface area contributed by atoms with Crippen LogP contribution in [0.25, 0.3) is 0 Å². The second-order valence-corrected chi connectivity index (χ2v) is 5.09. The maximum Gasteiger partial charge on any atom is 0.272 e. The molecule has 0 amide bonds.